The molecule has 0 saturated heterocycles. The molecule has 0 aliphatic heterocycles. The molecule has 0 saturated carbocycles. The molecule has 3 N–H and O–H groups in total. The molecule has 106 valence electrons. The summed E-state index contributed by atoms with van der Waals surface area (Å²) in [6.45, 7) is 0.766. The number of ether oxygens (including phenoxy) is 1. The van der Waals surface area contributed by atoms with Gasteiger partial charge in [0.15, 0.2) is 0 Å². The van der Waals surface area contributed by atoms with Gasteiger partial charge in [0.25, 0.3) is 0 Å². The molecule has 0 bridgehead atoms. The number of hydrogen-bond donors (Lipinski definition) is 2. The fraction of sp³-hybridized carbons (Fsp3) is 0.286. The fourth-order valence-electron chi connectivity index (χ4n) is 1.81. The van der Waals surface area contributed by atoms with Gasteiger partial charge in [-0.15, -0.1) is 0 Å². The third-order valence-corrected chi connectivity index (χ3v) is 2.85. The van der Waals surface area contributed by atoms with Gasteiger partial charge in [-0.1, -0.05) is 12.1 Å². The molecule has 1 heterocycles. The van der Waals surface area contributed by atoms with Crippen LogP contribution in [0.25, 0.3) is 0 Å². The number of benzene rings is 1. The summed E-state index contributed by atoms with van der Waals surface area (Å²) in [4.78, 5) is 11.7. The number of nitrogens with zero attached hydrogens (tertiary/aromatic N) is 2. The number of rotatable bonds is 6. The second-order valence-electron chi connectivity index (χ2n) is 4.42. The molecule has 2 aromatic rings. The lowest BCUT2D eigenvalue weighted by Crippen LogP contribution is -2.29. The van der Waals surface area contributed by atoms with Gasteiger partial charge in [-0.25, -0.2) is 0 Å². The number of nitrogens with two attached hydrogens (primary N) is 1. The van der Waals surface area contributed by atoms with Gasteiger partial charge >= 0.3 is 0 Å². The van der Waals surface area contributed by atoms with Crippen molar-refractivity contribution in [1.29, 1.82) is 0 Å². The number of nitrogens with one attached hydrogen (secondary N) is 1. The predicted molar refractivity (Wildman–Crippen MR) is 76.3 cm³/mol. The van der Waals surface area contributed by atoms with Gasteiger partial charge in [0, 0.05) is 12.7 Å². The van der Waals surface area contributed by atoms with E-state index in [1.807, 2.05) is 24.3 Å². The number of hydrogen-bond acceptors (Lipinski definition) is 4. The van der Waals surface area contributed by atoms with E-state index in [0.29, 0.717) is 12.2 Å². The van der Waals surface area contributed by atoms with Crippen LogP contribution in [0.4, 0.5) is 5.69 Å². The van der Waals surface area contributed by atoms with E-state index in [-0.39, 0.29) is 12.5 Å². The summed E-state index contributed by atoms with van der Waals surface area (Å²) < 4.78 is 6.60. The van der Waals surface area contributed by atoms with Gasteiger partial charge in [-0.05, 0) is 24.1 Å². The molecule has 0 fully saturated rings. The van der Waals surface area contributed by atoms with Crippen LogP contribution < -0.4 is 15.8 Å². The van der Waals surface area contributed by atoms with Gasteiger partial charge < -0.3 is 15.8 Å². The van der Waals surface area contributed by atoms with Crippen molar-refractivity contribution >= 4 is 11.6 Å². The van der Waals surface area contributed by atoms with Crippen molar-refractivity contribution in [3.8, 4) is 5.75 Å². The highest BCUT2D eigenvalue weighted by molar-refractivity contribution is 5.75. The maximum atomic E-state index is 11.7. The Morgan fingerprint density at radius 3 is 2.75 bits per heavy atom. The molecule has 2 rings (SSSR count). The summed E-state index contributed by atoms with van der Waals surface area (Å²) in [5.41, 5.74) is 7.23. The second kappa shape index (κ2) is 6.60. The van der Waals surface area contributed by atoms with Crippen molar-refractivity contribution in [2.45, 2.75) is 13.0 Å². The minimum absolute atomic E-state index is 0.0818. The van der Waals surface area contributed by atoms with E-state index >= 15 is 0 Å². The van der Waals surface area contributed by atoms with Crippen LogP contribution in [0.1, 0.15) is 5.56 Å². The summed E-state index contributed by atoms with van der Waals surface area (Å²) >= 11 is 0. The molecule has 6 heteroatoms. The van der Waals surface area contributed by atoms with E-state index in [0.717, 1.165) is 17.7 Å². The van der Waals surface area contributed by atoms with Crippen LogP contribution in [-0.4, -0.2) is 29.3 Å². The fourth-order valence-corrected chi connectivity index (χ4v) is 1.81. The first-order chi connectivity index (χ1) is 9.67. The first-order valence-electron chi connectivity index (χ1n) is 6.35. The SMILES string of the molecule is COc1ccc(CCNC(=O)Cn2cc(N)cn2)cc1. The normalized spacial score (nSPS) is 10.2. The molecular formula is C14H18N4O2. The predicted octanol–water partition coefficient (Wildman–Crippen LogP) is 0.833. The van der Waals surface area contributed by atoms with E-state index in [4.69, 9.17) is 10.5 Å². The molecule has 0 atom stereocenters. The Labute approximate surface area is 117 Å². The zero-order chi connectivity index (χ0) is 14.4. The molecule has 6 nitrogen and oxygen atoms in total. The average Bonchev–Trinajstić information content (AvgIpc) is 2.85. The molecule has 1 amide bonds. The number of amides is 1. The number of carbonyl (C=O) groups is 1. The van der Waals surface area contributed by atoms with Crippen LogP contribution >= 0.6 is 0 Å². The highest BCUT2D eigenvalue weighted by Crippen LogP contribution is 2.11. The van der Waals surface area contributed by atoms with Crippen molar-refractivity contribution < 1.29 is 9.53 Å². The number of nitrogen functional groups attached to an aromatic ring is 1. The monoisotopic (exact) mass is 274 g/mol. The topological polar surface area (TPSA) is 82.2 Å². The van der Waals surface area contributed by atoms with E-state index in [1.54, 1.807) is 13.3 Å². The average molecular weight is 274 g/mol. The summed E-state index contributed by atoms with van der Waals surface area (Å²) in [6, 6.07) is 7.78. The van der Waals surface area contributed by atoms with Gasteiger partial charge in [0.2, 0.25) is 5.91 Å². The lowest BCUT2D eigenvalue weighted by atomic mass is 10.1. The van der Waals surface area contributed by atoms with Crippen LogP contribution in [0.15, 0.2) is 36.7 Å². The maximum absolute atomic E-state index is 11.7. The van der Waals surface area contributed by atoms with Crippen LogP contribution in [0.3, 0.4) is 0 Å². The molecule has 0 aliphatic rings. The Hall–Kier alpha value is -2.50. The number of methoxy groups -OCH3 is 1. The Morgan fingerprint density at radius 2 is 2.15 bits per heavy atom. The second-order valence-corrected chi connectivity index (χ2v) is 4.42. The first-order valence-corrected chi connectivity index (χ1v) is 6.35. The first kappa shape index (κ1) is 13.9. The Morgan fingerprint density at radius 1 is 1.40 bits per heavy atom. The van der Waals surface area contributed by atoms with Gasteiger partial charge in [0.1, 0.15) is 12.3 Å². The number of anilines is 1. The Kier molecular flexibility index (Phi) is 4.60. The van der Waals surface area contributed by atoms with E-state index in [9.17, 15) is 4.79 Å². The molecule has 0 radical (unpaired) electrons. The van der Waals surface area contributed by atoms with Crippen LogP contribution in [0.5, 0.6) is 5.75 Å². The van der Waals surface area contributed by atoms with E-state index in [2.05, 4.69) is 10.4 Å². The van der Waals surface area contributed by atoms with Crippen molar-refractivity contribution in [3.63, 3.8) is 0 Å². The molecule has 0 aliphatic carbocycles. The molecule has 1 aromatic heterocycles. The summed E-state index contributed by atoms with van der Waals surface area (Å²) in [5, 5.41) is 6.80. The number of aromatic nitrogens is 2. The summed E-state index contributed by atoms with van der Waals surface area (Å²) in [7, 11) is 1.64. The zero-order valence-electron chi connectivity index (χ0n) is 11.4. The van der Waals surface area contributed by atoms with Crippen LogP contribution in [0, 0.1) is 0 Å². The summed E-state index contributed by atoms with van der Waals surface area (Å²) in [6.07, 6.45) is 3.92. The van der Waals surface area contributed by atoms with Crippen molar-refractivity contribution in [2.75, 3.05) is 19.4 Å². The van der Waals surface area contributed by atoms with Gasteiger partial charge in [-0.2, -0.15) is 5.10 Å². The smallest absolute Gasteiger partial charge is 0.241 e. The largest absolute Gasteiger partial charge is 0.497 e. The minimum atomic E-state index is -0.0818. The highest BCUT2D eigenvalue weighted by Gasteiger charge is 2.03. The standard InChI is InChI=1S/C14H18N4O2/c1-20-13-4-2-11(3-5-13)6-7-16-14(19)10-18-9-12(15)8-17-18/h2-5,8-9H,6-7,10,15H2,1H3,(H,16,19). The molecule has 0 unspecified atom stereocenters. The molecule has 0 spiro atoms. The minimum Gasteiger partial charge on any atom is -0.497 e. The van der Waals surface area contributed by atoms with Crippen molar-refractivity contribution in [1.82, 2.24) is 15.1 Å². The molecule has 20 heavy (non-hydrogen) atoms. The molecular weight excluding hydrogens is 256 g/mol. The van der Waals surface area contributed by atoms with Gasteiger partial charge in [0.05, 0.1) is 19.0 Å². The van der Waals surface area contributed by atoms with Gasteiger partial charge in [-0.3, -0.25) is 9.48 Å². The third kappa shape index (κ3) is 4.01. The van der Waals surface area contributed by atoms with Crippen molar-refractivity contribution in [2.24, 2.45) is 0 Å². The lowest BCUT2D eigenvalue weighted by molar-refractivity contribution is -0.121. The zero-order valence-corrected chi connectivity index (χ0v) is 11.4. The maximum Gasteiger partial charge on any atom is 0.241 e. The highest BCUT2D eigenvalue weighted by atomic mass is 16.5. The Bertz CT molecular complexity index is 563. The third-order valence-electron chi connectivity index (χ3n) is 2.85. The lowest BCUT2D eigenvalue weighted by Gasteiger charge is -2.06. The Balaban J connectivity index is 1.73. The number of carbonyl (C=O) groups excluding carboxylic acids is 1. The van der Waals surface area contributed by atoms with Crippen LogP contribution in [0.2, 0.25) is 0 Å². The molecule has 1 aromatic carbocycles. The van der Waals surface area contributed by atoms with Crippen LogP contribution in [-0.2, 0) is 17.8 Å². The van der Waals surface area contributed by atoms with E-state index < -0.39 is 0 Å². The van der Waals surface area contributed by atoms with E-state index in [1.165, 1.54) is 10.9 Å². The summed E-state index contributed by atoms with van der Waals surface area (Å²) in [5.74, 6) is 0.746. The van der Waals surface area contributed by atoms with Crippen molar-refractivity contribution in [3.05, 3.63) is 42.2 Å². The quantitative estimate of drug-likeness (QED) is 0.817.